The average Bonchev–Trinajstić information content (AvgIpc) is 2.33. The number of likely N-dealkylation sites (tertiary alicyclic amines) is 1. The molecule has 4 nitrogen and oxygen atoms in total. The number of esters is 1. The van der Waals surface area contributed by atoms with Crippen LogP contribution in [0.2, 0.25) is 0 Å². The van der Waals surface area contributed by atoms with E-state index in [9.17, 15) is 9.90 Å². The van der Waals surface area contributed by atoms with Crippen molar-refractivity contribution in [2.75, 3.05) is 13.1 Å². The fourth-order valence-electron chi connectivity index (χ4n) is 2.27. The summed E-state index contributed by atoms with van der Waals surface area (Å²) in [6.45, 7) is 3.67. The molecule has 100 valence electrons. The number of carbonyl (C=O) groups is 1. The van der Waals surface area contributed by atoms with Crippen molar-refractivity contribution >= 4 is 5.97 Å². The number of benzene rings is 1. The Morgan fingerprint density at radius 1 is 1.37 bits per heavy atom. The molecule has 1 saturated heterocycles. The minimum Gasteiger partial charge on any atom is -1.00 e. The van der Waals surface area contributed by atoms with Crippen LogP contribution in [0.3, 0.4) is 0 Å². The number of nitrogens with zero attached hydrogens (tertiary/aromatic N) is 1. The van der Waals surface area contributed by atoms with Gasteiger partial charge < -0.3 is 11.3 Å². The van der Waals surface area contributed by atoms with E-state index in [1.807, 2.05) is 18.2 Å². The SMILES string of the molecule is CC(=O)OC1(O)CCN(Cc2ccccc2)CC1.[H-].[Li+]. The van der Waals surface area contributed by atoms with Gasteiger partial charge in [0, 0.05) is 39.4 Å². The number of ether oxygens (including phenoxy) is 1. The zero-order valence-electron chi connectivity index (χ0n) is 12.6. The zero-order valence-corrected chi connectivity index (χ0v) is 11.6. The Hall–Kier alpha value is -0.793. The quantitative estimate of drug-likeness (QED) is 0.413. The molecular weight excluding hydrogens is 237 g/mol. The molecule has 1 aromatic carbocycles. The number of piperidine rings is 1. The zero-order chi connectivity index (χ0) is 13.0. The summed E-state index contributed by atoms with van der Waals surface area (Å²) in [4.78, 5) is 13.2. The summed E-state index contributed by atoms with van der Waals surface area (Å²) in [6, 6.07) is 10.2. The van der Waals surface area contributed by atoms with E-state index in [1.54, 1.807) is 0 Å². The number of hydrogen-bond donors (Lipinski definition) is 1. The Bertz CT molecular complexity index is 408. The summed E-state index contributed by atoms with van der Waals surface area (Å²) in [5.41, 5.74) is 1.26. The normalized spacial score (nSPS) is 18.4. The molecule has 1 fully saturated rings. The van der Waals surface area contributed by atoms with Crippen molar-refractivity contribution in [3.8, 4) is 0 Å². The van der Waals surface area contributed by atoms with Gasteiger partial charge >= 0.3 is 24.8 Å². The largest absolute Gasteiger partial charge is 1.00 e. The van der Waals surface area contributed by atoms with Crippen molar-refractivity contribution in [3.63, 3.8) is 0 Å². The molecule has 1 aliphatic heterocycles. The summed E-state index contributed by atoms with van der Waals surface area (Å²) in [5, 5.41) is 10.1. The van der Waals surface area contributed by atoms with Crippen LogP contribution in [-0.2, 0) is 16.1 Å². The van der Waals surface area contributed by atoms with E-state index in [1.165, 1.54) is 12.5 Å². The van der Waals surface area contributed by atoms with Crippen molar-refractivity contribution in [3.05, 3.63) is 35.9 Å². The molecule has 0 spiro atoms. The molecule has 0 atom stereocenters. The smallest absolute Gasteiger partial charge is 1.00 e. The van der Waals surface area contributed by atoms with E-state index < -0.39 is 11.8 Å². The standard InChI is InChI=1S/C14H19NO3.Li.H/c1-12(16)18-14(17)7-9-15(10-8-14)11-13-5-3-2-4-6-13;;/h2-6,17H,7-11H2,1H3;;/q;+1;-1. The number of hydrogen-bond acceptors (Lipinski definition) is 4. The van der Waals surface area contributed by atoms with Gasteiger partial charge in [-0.15, -0.1) is 0 Å². The fourth-order valence-corrected chi connectivity index (χ4v) is 2.27. The molecule has 1 N–H and O–H groups in total. The third-order valence-electron chi connectivity index (χ3n) is 3.22. The second-order valence-electron chi connectivity index (χ2n) is 4.80. The van der Waals surface area contributed by atoms with Crippen molar-refractivity contribution in [2.24, 2.45) is 0 Å². The van der Waals surface area contributed by atoms with Gasteiger partial charge in [0.05, 0.1) is 0 Å². The van der Waals surface area contributed by atoms with Crippen LogP contribution in [0, 0.1) is 0 Å². The van der Waals surface area contributed by atoms with Gasteiger partial charge in [-0.25, -0.2) is 0 Å². The van der Waals surface area contributed by atoms with Crippen LogP contribution in [0.4, 0.5) is 0 Å². The van der Waals surface area contributed by atoms with E-state index >= 15 is 0 Å². The predicted molar refractivity (Wildman–Crippen MR) is 68.8 cm³/mol. The maximum absolute atomic E-state index is 10.9. The van der Waals surface area contributed by atoms with E-state index in [0.717, 1.165) is 19.6 Å². The molecule has 0 amide bonds. The molecule has 0 unspecified atom stereocenters. The third-order valence-corrected chi connectivity index (χ3v) is 3.22. The first-order valence-corrected chi connectivity index (χ1v) is 6.26. The van der Waals surface area contributed by atoms with E-state index in [4.69, 9.17) is 4.74 Å². The van der Waals surface area contributed by atoms with Gasteiger partial charge in [0.25, 0.3) is 0 Å². The predicted octanol–water partition coefficient (Wildman–Crippen LogP) is -1.35. The molecule has 0 saturated carbocycles. The van der Waals surface area contributed by atoms with Crippen molar-refractivity contribution in [1.29, 1.82) is 0 Å². The fraction of sp³-hybridized carbons (Fsp3) is 0.500. The monoisotopic (exact) mass is 257 g/mol. The second-order valence-corrected chi connectivity index (χ2v) is 4.80. The first-order chi connectivity index (χ1) is 8.57. The van der Waals surface area contributed by atoms with Gasteiger partial charge in [-0.1, -0.05) is 30.3 Å². The Kier molecular flexibility index (Phi) is 6.09. The van der Waals surface area contributed by atoms with Gasteiger partial charge in [0.2, 0.25) is 5.79 Å². The van der Waals surface area contributed by atoms with Crippen LogP contribution in [0.5, 0.6) is 0 Å². The van der Waals surface area contributed by atoms with E-state index in [0.29, 0.717) is 12.8 Å². The van der Waals surface area contributed by atoms with Crippen LogP contribution >= 0.6 is 0 Å². The molecule has 1 aromatic rings. The van der Waals surface area contributed by atoms with Gasteiger partial charge in [0.15, 0.2) is 0 Å². The summed E-state index contributed by atoms with van der Waals surface area (Å²) in [6.07, 6.45) is 0.943. The molecule has 2 rings (SSSR count). The van der Waals surface area contributed by atoms with Crippen LogP contribution in [0.15, 0.2) is 30.3 Å². The molecule has 19 heavy (non-hydrogen) atoms. The minimum atomic E-state index is -1.26. The molecule has 5 heteroatoms. The van der Waals surface area contributed by atoms with Crippen molar-refractivity contribution in [1.82, 2.24) is 4.90 Å². The summed E-state index contributed by atoms with van der Waals surface area (Å²) < 4.78 is 4.97. The van der Waals surface area contributed by atoms with Gasteiger partial charge in [-0.05, 0) is 5.56 Å². The topological polar surface area (TPSA) is 49.8 Å². The van der Waals surface area contributed by atoms with Crippen molar-refractivity contribution in [2.45, 2.75) is 32.1 Å². The maximum Gasteiger partial charge on any atom is 1.00 e. The summed E-state index contributed by atoms with van der Waals surface area (Å²) in [5.74, 6) is -1.69. The van der Waals surface area contributed by atoms with E-state index in [2.05, 4.69) is 17.0 Å². The third kappa shape index (κ3) is 5.00. The second kappa shape index (κ2) is 7.11. The van der Waals surface area contributed by atoms with Crippen LogP contribution in [-0.4, -0.2) is 34.9 Å². The molecule has 0 aromatic heterocycles. The molecule has 1 aliphatic rings. The van der Waals surface area contributed by atoms with Gasteiger partial charge in [-0.3, -0.25) is 9.69 Å². The minimum absolute atomic E-state index is 0. The Morgan fingerprint density at radius 2 is 1.95 bits per heavy atom. The van der Waals surface area contributed by atoms with Gasteiger partial charge in [0.1, 0.15) is 0 Å². The molecule has 1 heterocycles. The number of rotatable bonds is 3. The van der Waals surface area contributed by atoms with E-state index in [-0.39, 0.29) is 20.3 Å². The van der Waals surface area contributed by atoms with Crippen LogP contribution in [0.1, 0.15) is 26.8 Å². The van der Waals surface area contributed by atoms with Crippen LogP contribution < -0.4 is 18.9 Å². The molecule has 0 bridgehead atoms. The molecular formula is C14H20LiNO3. The molecule has 0 aliphatic carbocycles. The summed E-state index contributed by atoms with van der Waals surface area (Å²) in [7, 11) is 0. The Balaban J connectivity index is 0.00000180. The van der Waals surface area contributed by atoms with Crippen LogP contribution in [0.25, 0.3) is 0 Å². The Morgan fingerprint density at radius 3 is 2.47 bits per heavy atom. The summed E-state index contributed by atoms with van der Waals surface area (Å²) >= 11 is 0. The first kappa shape index (κ1) is 16.3. The molecule has 0 radical (unpaired) electrons. The maximum atomic E-state index is 10.9. The average molecular weight is 257 g/mol. The van der Waals surface area contributed by atoms with Gasteiger partial charge in [-0.2, -0.15) is 0 Å². The van der Waals surface area contributed by atoms with Crippen molar-refractivity contribution < 1.29 is 34.9 Å². The Labute approximate surface area is 127 Å². The number of aliphatic hydroxyl groups is 1. The number of carbonyl (C=O) groups excluding carboxylic acids is 1. The first-order valence-electron chi connectivity index (χ1n) is 6.26.